The topological polar surface area (TPSA) is 52.8 Å². The molecule has 0 saturated heterocycles. The SMILES string of the molecule is CCC(C)c1cccc(C(=NO)c2ccccc2)c1O. The lowest BCUT2D eigenvalue weighted by atomic mass is 9.92. The van der Waals surface area contributed by atoms with Crippen LogP contribution in [0.2, 0.25) is 0 Å². The van der Waals surface area contributed by atoms with Gasteiger partial charge in [0.15, 0.2) is 0 Å². The van der Waals surface area contributed by atoms with E-state index in [4.69, 9.17) is 0 Å². The van der Waals surface area contributed by atoms with E-state index in [0.29, 0.717) is 11.3 Å². The van der Waals surface area contributed by atoms with Crippen molar-refractivity contribution >= 4 is 5.71 Å². The summed E-state index contributed by atoms with van der Waals surface area (Å²) in [5, 5.41) is 23.2. The summed E-state index contributed by atoms with van der Waals surface area (Å²) < 4.78 is 0. The van der Waals surface area contributed by atoms with Crippen LogP contribution in [0.4, 0.5) is 0 Å². The second-order valence-corrected chi connectivity index (χ2v) is 4.87. The van der Waals surface area contributed by atoms with Crippen molar-refractivity contribution in [2.75, 3.05) is 0 Å². The Morgan fingerprint density at radius 2 is 1.80 bits per heavy atom. The van der Waals surface area contributed by atoms with Crippen molar-refractivity contribution in [1.29, 1.82) is 0 Å². The Bertz CT molecular complexity index is 606. The molecule has 1 unspecified atom stereocenters. The Kier molecular flexibility index (Phi) is 4.41. The predicted molar refractivity (Wildman–Crippen MR) is 80.7 cm³/mol. The molecule has 2 aromatic rings. The zero-order valence-corrected chi connectivity index (χ0v) is 11.7. The lowest BCUT2D eigenvalue weighted by Gasteiger charge is -2.15. The van der Waals surface area contributed by atoms with E-state index in [1.807, 2.05) is 42.5 Å². The maximum absolute atomic E-state index is 10.5. The highest BCUT2D eigenvalue weighted by Gasteiger charge is 2.17. The maximum Gasteiger partial charge on any atom is 0.128 e. The van der Waals surface area contributed by atoms with Gasteiger partial charge in [0.05, 0.1) is 0 Å². The monoisotopic (exact) mass is 269 g/mol. The molecular weight excluding hydrogens is 250 g/mol. The van der Waals surface area contributed by atoms with Crippen molar-refractivity contribution in [2.24, 2.45) is 5.16 Å². The summed E-state index contributed by atoms with van der Waals surface area (Å²) in [4.78, 5) is 0. The second kappa shape index (κ2) is 6.24. The van der Waals surface area contributed by atoms with Crippen molar-refractivity contribution in [1.82, 2.24) is 0 Å². The van der Waals surface area contributed by atoms with E-state index < -0.39 is 0 Å². The molecule has 0 aromatic heterocycles. The Hall–Kier alpha value is -2.29. The van der Waals surface area contributed by atoms with E-state index in [1.165, 1.54) is 0 Å². The third kappa shape index (κ3) is 2.67. The number of rotatable bonds is 4. The molecule has 104 valence electrons. The second-order valence-electron chi connectivity index (χ2n) is 4.87. The highest BCUT2D eigenvalue weighted by Crippen LogP contribution is 2.32. The summed E-state index contributed by atoms with van der Waals surface area (Å²) in [6.07, 6.45) is 0.938. The third-order valence-electron chi connectivity index (χ3n) is 3.61. The minimum absolute atomic E-state index is 0.193. The van der Waals surface area contributed by atoms with E-state index in [1.54, 1.807) is 6.07 Å². The maximum atomic E-state index is 10.5. The molecule has 0 heterocycles. The van der Waals surface area contributed by atoms with Crippen LogP contribution < -0.4 is 0 Å². The largest absolute Gasteiger partial charge is 0.507 e. The number of benzene rings is 2. The Morgan fingerprint density at radius 3 is 2.40 bits per heavy atom. The van der Waals surface area contributed by atoms with E-state index in [2.05, 4.69) is 19.0 Å². The molecule has 2 N–H and O–H groups in total. The van der Waals surface area contributed by atoms with Crippen molar-refractivity contribution in [3.63, 3.8) is 0 Å². The molecular formula is C17H19NO2. The van der Waals surface area contributed by atoms with Crippen LogP contribution in [0.15, 0.2) is 53.7 Å². The quantitative estimate of drug-likeness (QED) is 0.498. The average molecular weight is 269 g/mol. The molecule has 0 radical (unpaired) electrons. The van der Waals surface area contributed by atoms with Gasteiger partial charge in [-0.2, -0.15) is 0 Å². The molecule has 0 spiro atoms. The first-order chi connectivity index (χ1) is 9.69. The van der Waals surface area contributed by atoms with Crippen molar-refractivity contribution in [3.8, 4) is 5.75 Å². The molecule has 3 heteroatoms. The first kappa shape index (κ1) is 14.1. The summed E-state index contributed by atoms with van der Waals surface area (Å²) in [6.45, 7) is 4.14. The van der Waals surface area contributed by atoms with Crippen molar-refractivity contribution in [3.05, 3.63) is 65.2 Å². The molecule has 0 fully saturated rings. The van der Waals surface area contributed by atoms with Crippen LogP contribution in [0, 0.1) is 0 Å². The summed E-state index contributed by atoms with van der Waals surface area (Å²) in [7, 11) is 0. The minimum Gasteiger partial charge on any atom is -0.507 e. The van der Waals surface area contributed by atoms with Gasteiger partial charge in [-0.05, 0) is 24.0 Å². The van der Waals surface area contributed by atoms with Crippen molar-refractivity contribution in [2.45, 2.75) is 26.2 Å². The minimum atomic E-state index is 0.193. The fraction of sp³-hybridized carbons (Fsp3) is 0.235. The molecule has 0 amide bonds. The highest BCUT2D eigenvalue weighted by molar-refractivity contribution is 6.14. The van der Waals surface area contributed by atoms with Gasteiger partial charge in [-0.15, -0.1) is 0 Å². The molecule has 0 saturated carbocycles. The van der Waals surface area contributed by atoms with Gasteiger partial charge < -0.3 is 10.3 Å². The van der Waals surface area contributed by atoms with Gasteiger partial charge in [-0.3, -0.25) is 0 Å². The molecule has 1 atom stereocenters. The Morgan fingerprint density at radius 1 is 1.10 bits per heavy atom. The molecule has 2 aromatic carbocycles. The Balaban J connectivity index is 2.52. The lowest BCUT2D eigenvalue weighted by Crippen LogP contribution is -2.05. The zero-order valence-electron chi connectivity index (χ0n) is 11.7. The molecule has 2 rings (SSSR count). The van der Waals surface area contributed by atoms with Gasteiger partial charge in [-0.25, -0.2) is 0 Å². The summed E-state index contributed by atoms with van der Waals surface area (Å²) in [6, 6.07) is 14.9. The van der Waals surface area contributed by atoms with Crippen LogP contribution in [0.1, 0.15) is 42.9 Å². The molecule has 0 aliphatic heterocycles. The van der Waals surface area contributed by atoms with Crippen LogP contribution in [0.5, 0.6) is 5.75 Å². The van der Waals surface area contributed by atoms with Gasteiger partial charge in [0.1, 0.15) is 11.5 Å². The molecule has 0 aliphatic rings. The van der Waals surface area contributed by atoms with Gasteiger partial charge >= 0.3 is 0 Å². The zero-order chi connectivity index (χ0) is 14.5. The normalized spacial score (nSPS) is 13.2. The van der Waals surface area contributed by atoms with E-state index in [9.17, 15) is 10.3 Å². The standard InChI is InChI=1S/C17H19NO2/c1-3-12(2)14-10-7-11-15(17(14)19)16(18-20)13-8-5-4-6-9-13/h4-12,19-20H,3H2,1-2H3. The van der Waals surface area contributed by atoms with Crippen LogP contribution in [0.3, 0.4) is 0 Å². The van der Waals surface area contributed by atoms with E-state index in [0.717, 1.165) is 17.5 Å². The van der Waals surface area contributed by atoms with Gasteiger partial charge in [0, 0.05) is 11.1 Å². The average Bonchev–Trinajstić information content (AvgIpc) is 2.50. The van der Waals surface area contributed by atoms with Gasteiger partial charge in [0.2, 0.25) is 0 Å². The van der Waals surface area contributed by atoms with E-state index >= 15 is 0 Å². The number of phenolic OH excluding ortho intramolecular Hbond substituents is 1. The molecule has 0 bridgehead atoms. The first-order valence-corrected chi connectivity index (χ1v) is 6.78. The summed E-state index contributed by atoms with van der Waals surface area (Å²) >= 11 is 0. The number of hydrogen-bond donors (Lipinski definition) is 2. The number of nitrogens with zero attached hydrogens (tertiary/aromatic N) is 1. The smallest absolute Gasteiger partial charge is 0.128 e. The van der Waals surface area contributed by atoms with Crippen LogP contribution in [0.25, 0.3) is 0 Å². The third-order valence-corrected chi connectivity index (χ3v) is 3.61. The number of phenols is 1. The van der Waals surface area contributed by atoms with E-state index in [-0.39, 0.29) is 11.7 Å². The van der Waals surface area contributed by atoms with Gasteiger partial charge in [-0.1, -0.05) is 61.5 Å². The first-order valence-electron chi connectivity index (χ1n) is 6.78. The number of para-hydroxylation sites is 1. The number of hydrogen-bond acceptors (Lipinski definition) is 3. The van der Waals surface area contributed by atoms with Gasteiger partial charge in [0.25, 0.3) is 0 Å². The van der Waals surface area contributed by atoms with Crippen molar-refractivity contribution < 1.29 is 10.3 Å². The fourth-order valence-corrected chi connectivity index (χ4v) is 2.23. The number of aromatic hydroxyl groups is 1. The van der Waals surface area contributed by atoms with Crippen LogP contribution in [-0.4, -0.2) is 16.0 Å². The summed E-state index contributed by atoms with van der Waals surface area (Å²) in [5.74, 6) is 0.448. The fourth-order valence-electron chi connectivity index (χ4n) is 2.23. The lowest BCUT2D eigenvalue weighted by molar-refractivity contribution is 0.319. The predicted octanol–water partition coefficient (Wildman–Crippen LogP) is 4.13. The highest BCUT2D eigenvalue weighted by atomic mass is 16.4. The Labute approximate surface area is 119 Å². The number of oxime groups is 1. The molecule has 20 heavy (non-hydrogen) atoms. The van der Waals surface area contributed by atoms with Crippen LogP contribution in [-0.2, 0) is 0 Å². The molecule has 3 nitrogen and oxygen atoms in total. The van der Waals surface area contributed by atoms with Crippen LogP contribution >= 0.6 is 0 Å². The molecule has 0 aliphatic carbocycles. The summed E-state index contributed by atoms with van der Waals surface area (Å²) in [5.41, 5.74) is 2.58.